The predicted molar refractivity (Wildman–Crippen MR) is 25.8 cm³/mol. The molecular weight excluding hydrogens is 124 g/mol. The Kier molecular flexibility index (Phi) is 6.41. The third kappa shape index (κ3) is 4.72. The van der Waals surface area contributed by atoms with Gasteiger partial charge >= 0.3 is 0 Å². The third-order valence-corrected chi connectivity index (χ3v) is 1.86. The van der Waals surface area contributed by atoms with Crippen LogP contribution in [0.3, 0.4) is 0 Å². The van der Waals surface area contributed by atoms with E-state index in [4.69, 9.17) is 0 Å². The molecule has 0 saturated carbocycles. The van der Waals surface area contributed by atoms with Gasteiger partial charge in [-0.1, -0.05) is 0 Å². The lowest BCUT2D eigenvalue weighted by Crippen LogP contribution is -1.48. The van der Waals surface area contributed by atoms with Crippen molar-refractivity contribution in [3.63, 3.8) is 0 Å². The molecule has 0 nitrogen and oxygen atoms in total. The van der Waals surface area contributed by atoms with Crippen molar-refractivity contribution in [1.82, 2.24) is 0 Å². The molecule has 0 fully saturated rings. The summed E-state index contributed by atoms with van der Waals surface area (Å²) in [6.07, 6.45) is -0.850. The van der Waals surface area contributed by atoms with Gasteiger partial charge in [-0.15, -0.1) is 0 Å². The summed E-state index contributed by atoms with van der Waals surface area (Å²) in [5.41, 5.74) is 0. The van der Waals surface area contributed by atoms with Crippen molar-refractivity contribution in [3.8, 4) is 0 Å². The first kappa shape index (κ1) is 6.72. The second-order valence-corrected chi connectivity index (χ2v) is 3.26. The molecule has 36 valence electrons. The number of hydrogen-bond acceptors (Lipinski definition) is 0. The molecule has 0 bridgehead atoms. The quantitative estimate of drug-likeness (QED) is 0.404. The first-order valence-electron chi connectivity index (χ1n) is 1.37. The Hall–Kier alpha value is 0.720. The Labute approximate surface area is 39.2 Å². The van der Waals surface area contributed by atoms with Gasteiger partial charge in [-0.3, -0.25) is 0 Å². The summed E-state index contributed by atoms with van der Waals surface area (Å²) < 4.78 is 22.0. The molecule has 0 aromatic heterocycles. The molecule has 0 amide bonds. The molecule has 0 rings (SSSR count). The lowest BCUT2D eigenvalue weighted by atomic mass is 11.8. The summed E-state index contributed by atoms with van der Waals surface area (Å²) in [5, 5.41) is 0. The summed E-state index contributed by atoms with van der Waals surface area (Å²) >= 11 is 0. The Morgan fingerprint density at radius 3 is 1.50 bits per heavy atom. The van der Waals surface area contributed by atoms with E-state index in [1.165, 1.54) is 0 Å². The fourth-order valence-corrected chi connectivity index (χ4v) is 0.680. The average molecular weight is 128 g/mol. The SMILES string of the molecule is FC[P][P]CF. The standard InChI is InChI=1S/C2H4F2P2/c3-1-5-6-2-4/h1-2H2. The predicted octanol–water partition coefficient (Wildman–Crippen LogP) is 2.65. The molecule has 0 aliphatic carbocycles. The van der Waals surface area contributed by atoms with Crippen LogP contribution < -0.4 is 0 Å². The average Bonchev–Trinajstić information content (AvgIpc) is 1.61. The molecular formula is C2H4F2P2. The highest BCUT2D eigenvalue weighted by molar-refractivity contribution is 8.11. The Bertz CT molecular complexity index is 21.5. The molecule has 0 aromatic carbocycles. The van der Waals surface area contributed by atoms with Gasteiger partial charge < -0.3 is 0 Å². The summed E-state index contributed by atoms with van der Waals surface area (Å²) in [4.78, 5) is 0. The first-order chi connectivity index (χ1) is 2.91. The zero-order chi connectivity index (χ0) is 4.83. The van der Waals surface area contributed by atoms with Crippen LogP contribution in [-0.2, 0) is 0 Å². The molecule has 6 heavy (non-hydrogen) atoms. The maximum Gasteiger partial charge on any atom is 0.117 e. The van der Waals surface area contributed by atoms with E-state index >= 15 is 0 Å². The Morgan fingerprint density at radius 2 is 1.33 bits per heavy atom. The Morgan fingerprint density at radius 1 is 1.00 bits per heavy atom. The van der Waals surface area contributed by atoms with Crippen molar-refractivity contribution < 1.29 is 8.78 Å². The van der Waals surface area contributed by atoms with Crippen molar-refractivity contribution >= 4 is 16.5 Å². The molecule has 0 aliphatic heterocycles. The van der Waals surface area contributed by atoms with E-state index in [1.54, 1.807) is 0 Å². The van der Waals surface area contributed by atoms with Gasteiger partial charge in [0.2, 0.25) is 0 Å². The third-order valence-electron chi connectivity index (χ3n) is 0.207. The summed E-state index contributed by atoms with van der Waals surface area (Å²) in [7, 11) is 1.08. The largest absolute Gasteiger partial charge is 0.245 e. The summed E-state index contributed by atoms with van der Waals surface area (Å²) in [6.45, 7) is 0. The maximum absolute atomic E-state index is 11.0. The minimum atomic E-state index is -0.425. The smallest absolute Gasteiger partial charge is 0.117 e. The van der Waals surface area contributed by atoms with Crippen LogP contribution in [0.5, 0.6) is 0 Å². The van der Waals surface area contributed by atoms with Crippen molar-refractivity contribution in [2.24, 2.45) is 0 Å². The van der Waals surface area contributed by atoms with Crippen LogP contribution in [0.4, 0.5) is 8.78 Å². The second kappa shape index (κ2) is 5.72. The minimum absolute atomic E-state index is 0.425. The minimum Gasteiger partial charge on any atom is -0.245 e. The van der Waals surface area contributed by atoms with Crippen molar-refractivity contribution in [2.45, 2.75) is 0 Å². The van der Waals surface area contributed by atoms with Crippen LogP contribution in [0.15, 0.2) is 0 Å². The first-order valence-corrected chi connectivity index (χ1v) is 4.23. The monoisotopic (exact) mass is 128 g/mol. The molecule has 0 N–H and O–H groups in total. The van der Waals surface area contributed by atoms with Crippen LogP contribution in [0.2, 0.25) is 0 Å². The molecule has 0 atom stereocenters. The highest BCUT2D eigenvalue weighted by Gasteiger charge is 1.82. The number of halogens is 2. The molecule has 2 radical (unpaired) electrons. The van der Waals surface area contributed by atoms with E-state index in [0.717, 1.165) is 0 Å². The van der Waals surface area contributed by atoms with Gasteiger partial charge in [0.1, 0.15) is 12.8 Å². The topological polar surface area (TPSA) is 0 Å². The molecule has 0 heterocycles. The summed E-state index contributed by atoms with van der Waals surface area (Å²) in [5.74, 6) is 0. The molecule has 0 aliphatic rings. The van der Waals surface area contributed by atoms with Gasteiger partial charge in [-0.25, -0.2) is 8.78 Å². The van der Waals surface area contributed by atoms with E-state index in [9.17, 15) is 8.78 Å². The van der Waals surface area contributed by atoms with Gasteiger partial charge in [0.15, 0.2) is 0 Å². The fourth-order valence-electron chi connectivity index (χ4n) is 0.0756. The number of alkyl halides is 2. The van der Waals surface area contributed by atoms with Gasteiger partial charge in [0.05, 0.1) is 0 Å². The van der Waals surface area contributed by atoms with Crippen LogP contribution in [-0.4, -0.2) is 12.8 Å². The van der Waals surface area contributed by atoms with E-state index < -0.39 is 12.8 Å². The number of rotatable bonds is 3. The van der Waals surface area contributed by atoms with Crippen molar-refractivity contribution in [1.29, 1.82) is 0 Å². The lowest BCUT2D eigenvalue weighted by molar-refractivity contribution is 0.599. The molecule has 0 unspecified atom stereocenters. The highest BCUT2D eigenvalue weighted by Crippen LogP contribution is 2.35. The molecule has 4 heteroatoms. The van der Waals surface area contributed by atoms with Crippen LogP contribution >= 0.6 is 16.5 Å². The zero-order valence-corrected chi connectivity index (χ0v) is 4.85. The van der Waals surface area contributed by atoms with E-state index in [0.29, 0.717) is 16.5 Å². The van der Waals surface area contributed by atoms with Gasteiger partial charge in [0, 0.05) is 0 Å². The normalized spacial score (nSPS) is 13.0. The fraction of sp³-hybridized carbons (Fsp3) is 1.00. The van der Waals surface area contributed by atoms with E-state index in [-0.39, 0.29) is 0 Å². The lowest BCUT2D eigenvalue weighted by Gasteiger charge is -1.80. The second-order valence-electron chi connectivity index (χ2n) is 0.522. The molecule has 0 spiro atoms. The van der Waals surface area contributed by atoms with Gasteiger partial charge in [0.25, 0.3) is 0 Å². The maximum atomic E-state index is 11.0. The van der Waals surface area contributed by atoms with Gasteiger partial charge in [-0.2, -0.15) is 0 Å². The van der Waals surface area contributed by atoms with E-state index in [1.807, 2.05) is 0 Å². The summed E-state index contributed by atoms with van der Waals surface area (Å²) in [6, 6.07) is 0. The zero-order valence-electron chi connectivity index (χ0n) is 3.06. The van der Waals surface area contributed by atoms with Crippen LogP contribution in [0.25, 0.3) is 0 Å². The van der Waals surface area contributed by atoms with Crippen LogP contribution in [0.1, 0.15) is 0 Å². The van der Waals surface area contributed by atoms with Gasteiger partial charge in [-0.05, 0) is 16.5 Å². The van der Waals surface area contributed by atoms with Crippen molar-refractivity contribution in [3.05, 3.63) is 0 Å². The number of hydrogen-bond donors (Lipinski definition) is 0. The van der Waals surface area contributed by atoms with Crippen LogP contribution in [0, 0.1) is 0 Å². The molecule has 0 aromatic rings. The molecule has 0 saturated heterocycles. The highest BCUT2D eigenvalue weighted by atomic mass is 32.0. The van der Waals surface area contributed by atoms with Crippen molar-refractivity contribution in [2.75, 3.05) is 12.8 Å². The Balaban J connectivity index is 2.34. The van der Waals surface area contributed by atoms with E-state index in [2.05, 4.69) is 0 Å².